The third-order valence-corrected chi connectivity index (χ3v) is 6.44. The van der Waals surface area contributed by atoms with Crippen molar-refractivity contribution in [2.45, 2.75) is 95.6 Å². The van der Waals surface area contributed by atoms with Crippen molar-refractivity contribution in [2.75, 3.05) is 12.4 Å². The zero-order chi connectivity index (χ0) is 18.5. The minimum absolute atomic E-state index is 0.221. The van der Waals surface area contributed by atoms with Crippen molar-refractivity contribution in [3.63, 3.8) is 0 Å². The summed E-state index contributed by atoms with van der Waals surface area (Å²) in [7, 11) is 0. The highest BCUT2D eigenvalue weighted by Crippen LogP contribution is 2.26. The lowest BCUT2D eigenvalue weighted by Gasteiger charge is -2.39. The van der Waals surface area contributed by atoms with Gasteiger partial charge in [-0.1, -0.05) is 18.7 Å². The van der Waals surface area contributed by atoms with E-state index in [9.17, 15) is 4.79 Å². The van der Waals surface area contributed by atoms with Gasteiger partial charge in [-0.25, -0.2) is 0 Å². The van der Waals surface area contributed by atoms with Gasteiger partial charge in [0.05, 0.1) is 18.4 Å². The van der Waals surface area contributed by atoms with Crippen molar-refractivity contribution < 1.29 is 9.53 Å². The van der Waals surface area contributed by atoms with Gasteiger partial charge in [0.2, 0.25) is 5.91 Å². The second kappa shape index (κ2) is 9.22. The van der Waals surface area contributed by atoms with Gasteiger partial charge in [0.25, 0.3) is 0 Å². The molecular weight excluding hydrogens is 348 g/mol. The maximum Gasteiger partial charge on any atom is 0.233 e. The number of nitrogens with zero attached hydrogens (tertiary/aromatic N) is 4. The normalized spacial score (nSPS) is 26.4. The average Bonchev–Trinajstić information content (AvgIpc) is 3.25. The SMILES string of the molecule is CCCc1nnc(SCC(=O)N2[C@@H](C)CCC[C@@H]2C)n1C[C@H]1CCCO1. The Hall–Kier alpha value is -1.08. The van der Waals surface area contributed by atoms with E-state index in [1.54, 1.807) is 0 Å². The molecule has 26 heavy (non-hydrogen) atoms. The molecule has 1 aromatic rings. The summed E-state index contributed by atoms with van der Waals surface area (Å²) in [5.41, 5.74) is 0. The number of thioether (sulfide) groups is 1. The fraction of sp³-hybridized carbons (Fsp3) is 0.842. The van der Waals surface area contributed by atoms with Crippen LogP contribution in [-0.2, 0) is 22.5 Å². The minimum Gasteiger partial charge on any atom is -0.376 e. The van der Waals surface area contributed by atoms with Gasteiger partial charge in [0, 0.05) is 25.1 Å². The lowest BCUT2D eigenvalue weighted by molar-refractivity contribution is -0.134. The maximum absolute atomic E-state index is 12.8. The van der Waals surface area contributed by atoms with Crippen LogP contribution in [0.2, 0.25) is 0 Å². The summed E-state index contributed by atoms with van der Waals surface area (Å²) in [5.74, 6) is 1.67. The Morgan fingerprint density at radius 1 is 1.19 bits per heavy atom. The van der Waals surface area contributed by atoms with Crippen LogP contribution in [0.5, 0.6) is 0 Å². The van der Waals surface area contributed by atoms with Gasteiger partial charge in [-0.05, 0) is 52.4 Å². The second-order valence-electron chi connectivity index (χ2n) is 7.61. The van der Waals surface area contributed by atoms with Crippen LogP contribution in [0, 0.1) is 0 Å². The molecule has 2 aliphatic heterocycles. The number of carbonyl (C=O) groups excluding carboxylic acids is 1. The quantitative estimate of drug-likeness (QED) is 0.679. The molecule has 0 saturated carbocycles. The molecule has 1 aromatic heterocycles. The van der Waals surface area contributed by atoms with Gasteiger partial charge < -0.3 is 14.2 Å². The zero-order valence-corrected chi connectivity index (χ0v) is 17.1. The third kappa shape index (κ3) is 4.60. The molecule has 3 rings (SSSR count). The predicted octanol–water partition coefficient (Wildman–Crippen LogP) is 3.29. The van der Waals surface area contributed by atoms with Crippen molar-refractivity contribution in [1.29, 1.82) is 0 Å². The molecule has 0 bridgehead atoms. The molecule has 7 heteroatoms. The molecule has 3 atom stereocenters. The zero-order valence-electron chi connectivity index (χ0n) is 16.3. The number of hydrogen-bond acceptors (Lipinski definition) is 5. The first kappa shape index (κ1) is 19.7. The topological polar surface area (TPSA) is 60.2 Å². The molecule has 0 radical (unpaired) electrons. The van der Waals surface area contributed by atoms with Crippen LogP contribution in [0.1, 0.15) is 65.1 Å². The highest BCUT2D eigenvalue weighted by molar-refractivity contribution is 7.99. The van der Waals surface area contributed by atoms with E-state index in [1.165, 1.54) is 18.2 Å². The fourth-order valence-corrected chi connectivity index (χ4v) is 4.96. The van der Waals surface area contributed by atoms with Crippen molar-refractivity contribution in [1.82, 2.24) is 19.7 Å². The number of piperidine rings is 1. The van der Waals surface area contributed by atoms with Crippen LogP contribution in [0.3, 0.4) is 0 Å². The molecule has 1 amide bonds. The molecule has 0 aromatic carbocycles. The van der Waals surface area contributed by atoms with Gasteiger partial charge in [0.1, 0.15) is 5.82 Å². The molecule has 0 unspecified atom stereocenters. The summed E-state index contributed by atoms with van der Waals surface area (Å²) in [4.78, 5) is 14.9. The molecule has 2 saturated heterocycles. The van der Waals surface area contributed by atoms with Gasteiger partial charge in [-0.2, -0.15) is 0 Å². The monoisotopic (exact) mass is 380 g/mol. The minimum atomic E-state index is 0.221. The molecule has 146 valence electrons. The predicted molar refractivity (Wildman–Crippen MR) is 103 cm³/mol. The molecule has 0 spiro atoms. The highest BCUT2D eigenvalue weighted by atomic mass is 32.2. The fourth-order valence-electron chi connectivity index (χ4n) is 4.12. The van der Waals surface area contributed by atoms with E-state index >= 15 is 0 Å². The van der Waals surface area contributed by atoms with Gasteiger partial charge in [0.15, 0.2) is 5.16 Å². The Balaban J connectivity index is 1.65. The van der Waals surface area contributed by atoms with Crippen molar-refractivity contribution >= 4 is 17.7 Å². The Morgan fingerprint density at radius 3 is 2.62 bits per heavy atom. The van der Waals surface area contributed by atoms with Crippen molar-refractivity contribution in [2.24, 2.45) is 0 Å². The first-order valence-corrected chi connectivity index (χ1v) is 11.1. The van der Waals surface area contributed by atoms with E-state index in [0.717, 1.165) is 62.7 Å². The van der Waals surface area contributed by atoms with E-state index in [0.29, 0.717) is 17.8 Å². The third-order valence-electron chi connectivity index (χ3n) is 5.48. The molecule has 0 N–H and O–H groups in total. The number of carbonyl (C=O) groups is 1. The summed E-state index contributed by atoms with van der Waals surface area (Å²) in [6, 6.07) is 0.680. The van der Waals surface area contributed by atoms with Crippen LogP contribution in [0.4, 0.5) is 0 Å². The average molecular weight is 381 g/mol. The van der Waals surface area contributed by atoms with Gasteiger partial charge in [-0.3, -0.25) is 4.79 Å². The van der Waals surface area contributed by atoms with Crippen LogP contribution in [0.15, 0.2) is 5.16 Å². The molecular formula is C19H32N4O2S. The second-order valence-corrected chi connectivity index (χ2v) is 8.56. The smallest absolute Gasteiger partial charge is 0.233 e. The summed E-state index contributed by atoms with van der Waals surface area (Å²) in [6.45, 7) is 8.13. The van der Waals surface area contributed by atoms with E-state index in [4.69, 9.17) is 4.74 Å². The van der Waals surface area contributed by atoms with Crippen molar-refractivity contribution in [3.05, 3.63) is 5.82 Å². The molecule has 6 nitrogen and oxygen atoms in total. The number of likely N-dealkylation sites (tertiary alicyclic amines) is 1. The number of aromatic nitrogens is 3. The number of rotatable bonds is 7. The Bertz CT molecular complexity index is 590. The highest BCUT2D eigenvalue weighted by Gasteiger charge is 2.29. The van der Waals surface area contributed by atoms with E-state index in [-0.39, 0.29) is 12.0 Å². The van der Waals surface area contributed by atoms with Gasteiger partial charge in [-0.15, -0.1) is 10.2 Å². The van der Waals surface area contributed by atoms with Crippen LogP contribution >= 0.6 is 11.8 Å². The Labute approximate surface area is 161 Å². The number of aryl methyl sites for hydroxylation is 1. The standard InChI is InChI=1S/C19H32N4O2S/c1-4-7-17-20-21-19(22(17)12-16-10-6-11-25-16)26-13-18(24)23-14(2)8-5-9-15(23)3/h14-16H,4-13H2,1-3H3/t14-,15-,16+/m0/s1. The van der Waals surface area contributed by atoms with E-state index < -0.39 is 0 Å². The van der Waals surface area contributed by atoms with E-state index in [2.05, 4.69) is 40.4 Å². The Kier molecular flexibility index (Phi) is 6.98. The maximum atomic E-state index is 12.8. The van der Waals surface area contributed by atoms with Crippen LogP contribution < -0.4 is 0 Å². The number of hydrogen-bond donors (Lipinski definition) is 0. The summed E-state index contributed by atoms with van der Waals surface area (Å²) < 4.78 is 7.98. The summed E-state index contributed by atoms with van der Waals surface area (Å²) in [5, 5.41) is 9.62. The lowest BCUT2D eigenvalue weighted by atomic mass is 9.98. The Morgan fingerprint density at radius 2 is 1.96 bits per heavy atom. The number of ether oxygens (including phenoxy) is 1. The molecule has 2 aliphatic rings. The van der Waals surface area contributed by atoms with Gasteiger partial charge >= 0.3 is 0 Å². The van der Waals surface area contributed by atoms with E-state index in [1.807, 2.05) is 0 Å². The largest absolute Gasteiger partial charge is 0.376 e. The summed E-state index contributed by atoms with van der Waals surface area (Å²) >= 11 is 1.53. The van der Waals surface area contributed by atoms with Crippen LogP contribution in [0.25, 0.3) is 0 Å². The van der Waals surface area contributed by atoms with Crippen LogP contribution in [-0.4, -0.2) is 56.1 Å². The first-order valence-electron chi connectivity index (χ1n) is 10.1. The number of amides is 1. The molecule has 2 fully saturated rings. The summed E-state index contributed by atoms with van der Waals surface area (Å²) in [6.07, 6.45) is 7.85. The molecule has 3 heterocycles. The molecule has 0 aliphatic carbocycles. The van der Waals surface area contributed by atoms with Crippen molar-refractivity contribution in [3.8, 4) is 0 Å². The first-order chi connectivity index (χ1) is 12.6. The lowest BCUT2D eigenvalue weighted by Crippen LogP contribution is -2.48.